The monoisotopic (exact) mass is 261 g/mol. The Labute approximate surface area is 112 Å². The molecule has 102 valence electrons. The number of nitrogens with two attached hydrogens (primary N) is 1. The molecule has 5 nitrogen and oxygen atoms in total. The van der Waals surface area contributed by atoms with Crippen molar-refractivity contribution in [2.75, 3.05) is 20.0 Å². The molecule has 0 aliphatic heterocycles. The van der Waals surface area contributed by atoms with Gasteiger partial charge in [0.15, 0.2) is 0 Å². The lowest BCUT2D eigenvalue weighted by atomic mass is 9.98. The Morgan fingerprint density at radius 1 is 1.21 bits per heavy atom. The van der Waals surface area contributed by atoms with Crippen LogP contribution in [0.3, 0.4) is 0 Å². The molecule has 2 N–H and O–H groups in total. The maximum absolute atomic E-state index is 6.06. The number of rotatable bonds is 4. The van der Waals surface area contributed by atoms with Crippen LogP contribution in [-0.2, 0) is 13.5 Å². The first kappa shape index (κ1) is 13.3. The summed E-state index contributed by atoms with van der Waals surface area (Å²) in [5.74, 6) is 2.18. The molecule has 19 heavy (non-hydrogen) atoms. The molecule has 0 radical (unpaired) electrons. The molecule has 0 spiro atoms. The third-order valence-electron chi connectivity index (χ3n) is 3.27. The molecular weight excluding hydrogens is 242 g/mol. The second-order valence-corrected chi connectivity index (χ2v) is 4.28. The smallest absolute Gasteiger partial charge is 0.129 e. The topological polar surface area (TPSA) is 62.3 Å². The summed E-state index contributed by atoms with van der Waals surface area (Å²) in [6, 6.07) is 3.85. The average Bonchev–Trinajstić information content (AvgIpc) is 2.77. The number of methoxy groups -OCH3 is 2. The Balaban J connectivity index is 2.70. The predicted octanol–water partition coefficient (Wildman–Crippen LogP) is 2.25. The van der Waals surface area contributed by atoms with Crippen LogP contribution >= 0.6 is 0 Å². The van der Waals surface area contributed by atoms with E-state index in [2.05, 4.69) is 12.0 Å². The van der Waals surface area contributed by atoms with Crippen LogP contribution in [0.25, 0.3) is 11.1 Å². The lowest BCUT2D eigenvalue weighted by molar-refractivity contribution is 0.392. The summed E-state index contributed by atoms with van der Waals surface area (Å²) in [5, 5.41) is 4.19. The SMILES string of the molecule is CCc1c(OC)cc(OC)cc1-c1cnn(C)c1N. The van der Waals surface area contributed by atoms with Gasteiger partial charge in [-0.05, 0) is 18.1 Å². The van der Waals surface area contributed by atoms with E-state index in [4.69, 9.17) is 15.2 Å². The van der Waals surface area contributed by atoms with E-state index >= 15 is 0 Å². The molecule has 1 aromatic carbocycles. The molecular formula is C14H19N3O2. The van der Waals surface area contributed by atoms with Gasteiger partial charge in [0.2, 0.25) is 0 Å². The zero-order chi connectivity index (χ0) is 14.0. The molecule has 0 atom stereocenters. The van der Waals surface area contributed by atoms with Gasteiger partial charge in [-0.2, -0.15) is 5.10 Å². The Morgan fingerprint density at radius 2 is 1.95 bits per heavy atom. The van der Waals surface area contributed by atoms with Crippen LogP contribution in [0.2, 0.25) is 0 Å². The van der Waals surface area contributed by atoms with Crippen LogP contribution in [0.4, 0.5) is 5.82 Å². The van der Waals surface area contributed by atoms with Gasteiger partial charge in [-0.3, -0.25) is 4.68 Å². The van der Waals surface area contributed by atoms with E-state index in [1.54, 1.807) is 25.1 Å². The summed E-state index contributed by atoms with van der Waals surface area (Å²) >= 11 is 0. The van der Waals surface area contributed by atoms with E-state index in [1.165, 1.54) is 0 Å². The highest BCUT2D eigenvalue weighted by atomic mass is 16.5. The van der Waals surface area contributed by atoms with Crippen LogP contribution in [-0.4, -0.2) is 24.0 Å². The fourth-order valence-electron chi connectivity index (χ4n) is 2.18. The highest BCUT2D eigenvalue weighted by Gasteiger charge is 2.16. The predicted molar refractivity (Wildman–Crippen MR) is 75.5 cm³/mol. The van der Waals surface area contributed by atoms with Gasteiger partial charge >= 0.3 is 0 Å². The van der Waals surface area contributed by atoms with Crippen LogP contribution in [0.15, 0.2) is 18.3 Å². The van der Waals surface area contributed by atoms with Crippen molar-refractivity contribution in [2.45, 2.75) is 13.3 Å². The summed E-state index contributed by atoms with van der Waals surface area (Å²) in [6.07, 6.45) is 2.61. The van der Waals surface area contributed by atoms with Crippen molar-refractivity contribution in [1.29, 1.82) is 0 Å². The minimum atomic E-state index is 0.630. The molecule has 0 saturated heterocycles. The number of benzene rings is 1. The van der Waals surface area contributed by atoms with Gasteiger partial charge in [0, 0.05) is 24.2 Å². The number of hydrogen-bond acceptors (Lipinski definition) is 4. The standard InChI is InChI=1S/C14H19N3O2/c1-5-10-11(12-8-16-17(2)14(12)15)6-9(18-3)7-13(10)19-4/h6-8H,5,15H2,1-4H3. The number of aryl methyl sites for hydroxylation is 1. The molecule has 2 aromatic rings. The number of hydrogen-bond donors (Lipinski definition) is 1. The Hall–Kier alpha value is -2.17. The Kier molecular flexibility index (Phi) is 3.64. The van der Waals surface area contributed by atoms with Crippen molar-refractivity contribution in [2.24, 2.45) is 7.05 Å². The fourth-order valence-corrected chi connectivity index (χ4v) is 2.18. The molecule has 0 amide bonds. The number of anilines is 1. The quantitative estimate of drug-likeness (QED) is 0.917. The number of aromatic nitrogens is 2. The van der Waals surface area contributed by atoms with Gasteiger partial charge in [0.1, 0.15) is 17.3 Å². The molecule has 2 rings (SSSR count). The van der Waals surface area contributed by atoms with Crippen molar-refractivity contribution >= 4 is 5.82 Å². The third kappa shape index (κ3) is 2.23. The highest BCUT2D eigenvalue weighted by Crippen LogP contribution is 2.37. The van der Waals surface area contributed by atoms with Gasteiger partial charge < -0.3 is 15.2 Å². The van der Waals surface area contributed by atoms with Gasteiger partial charge in [0.25, 0.3) is 0 Å². The lowest BCUT2D eigenvalue weighted by Crippen LogP contribution is -2.00. The van der Waals surface area contributed by atoms with Gasteiger partial charge in [0.05, 0.1) is 20.4 Å². The van der Waals surface area contributed by atoms with Crippen molar-refractivity contribution in [3.63, 3.8) is 0 Å². The lowest BCUT2D eigenvalue weighted by Gasteiger charge is -2.14. The maximum atomic E-state index is 6.06. The van der Waals surface area contributed by atoms with E-state index in [0.29, 0.717) is 5.82 Å². The third-order valence-corrected chi connectivity index (χ3v) is 3.27. The first-order valence-electron chi connectivity index (χ1n) is 6.15. The first-order chi connectivity index (χ1) is 9.12. The molecule has 0 saturated carbocycles. The summed E-state index contributed by atoms with van der Waals surface area (Å²) in [7, 11) is 5.11. The van der Waals surface area contributed by atoms with Crippen molar-refractivity contribution < 1.29 is 9.47 Å². The molecule has 0 unspecified atom stereocenters. The van der Waals surface area contributed by atoms with E-state index in [0.717, 1.165) is 34.6 Å². The minimum absolute atomic E-state index is 0.630. The minimum Gasteiger partial charge on any atom is -0.497 e. The fraction of sp³-hybridized carbons (Fsp3) is 0.357. The van der Waals surface area contributed by atoms with Crippen molar-refractivity contribution in [3.05, 3.63) is 23.9 Å². The molecule has 1 aromatic heterocycles. The van der Waals surface area contributed by atoms with Gasteiger partial charge in [-0.15, -0.1) is 0 Å². The van der Waals surface area contributed by atoms with E-state index in [-0.39, 0.29) is 0 Å². The van der Waals surface area contributed by atoms with Crippen molar-refractivity contribution in [3.8, 4) is 22.6 Å². The van der Waals surface area contributed by atoms with Gasteiger partial charge in [-0.1, -0.05) is 6.92 Å². The molecule has 0 bridgehead atoms. The second-order valence-electron chi connectivity index (χ2n) is 4.28. The molecule has 1 heterocycles. The van der Waals surface area contributed by atoms with Crippen LogP contribution in [0.5, 0.6) is 11.5 Å². The zero-order valence-electron chi connectivity index (χ0n) is 11.7. The Morgan fingerprint density at radius 3 is 2.42 bits per heavy atom. The van der Waals surface area contributed by atoms with Crippen LogP contribution in [0, 0.1) is 0 Å². The normalized spacial score (nSPS) is 10.5. The Bertz CT molecular complexity index is 591. The number of nitrogens with zero attached hydrogens (tertiary/aromatic N) is 2. The summed E-state index contributed by atoms with van der Waals surface area (Å²) in [5.41, 5.74) is 9.06. The van der Waals surface area contributed by atoms with Gasteiger partial charge in [-0.25, -0.2) is 0 Å². The summed E-state index contributed by atoms with van der Waals surface area (Å²) in [6.45, 7) is 2.08. The molecule has 5 heteroatoms. The number of nitrogen functional groups attached to an aromatic ring is 1. The largest absolute Gasteiger partial charge is 0.497 e. The molecule has 0 aliphatic rings. The zero-order valence-corrected chi connectivity index (χ0v) is 11.7. The summed E-state index contributed by atoms with van der Waals surface area (Å²) < 4.78 is 12.4. The van der Waals surface area contributed by atoms with Crippen molar-refractivity contribution in [1.82, 2.24) is 9.78 Å². The molecule has 0 fully saturated rings. The first-order valence-corrected chi connectivity index (χ1v) is 6.15. The van der Waals surface area contributed by atoms with E-state index in [1.807, 2.05) is 19.2 Å². The van der Waals surface area contributed by atoms with E-state index < -0.39 is 0 Å². The maximum Gasteiger partial charge on any atom is 0.129 e. The number of ether oxygens (including phenoxy) is 2. The molecule has 0 aliphatic carbocycles. The van der Waals surface area contributed by atoms with Crippen LogP contribution in [0.1, 0.15) is 12.5 Å². The summed E-state index contributed by atoms with van der Waals surface area (Å²) in [4.78, 5) is 0. The highest BCUT2D eigenvalue weighted by molar-refractivity contribution is 5.79. The average molecular weight is 261 g/mol. The van der Waals surface area contributed by atoms with Crippen LogP contribution < -0.4 is 15.2 Å². The van der Waals surface area contributed by atoms with E-state index in [9.17, 15) is 0 Å². The second kappa shape index (κ2) is 5.22.